The second kappa shape index (κ2) is 5.76. The fraction of sp³-hybridized carbons (Fsp3) is 0. The van der Waals surface area contributed by atoms with Crippen LogP contribution in [0.3, 0.4) is 0 Å². The zero-order chi connectivity index (χ0) is 18.5. The van der Waals surface area contributed by atoms with Gasteiger partial charge in [-0.2, -0.15) is 8.42 Å². The predicted octanol–water partition coefficient (Wildman–Crippen LogP) is 2.82. The summed E-state index contributed by atoms with van der Waals surface area (Å²) in [5.74, 6) is -1.67. The van der Waals surface area contributed by atoms with E-state index >= 15 is 0 Å². The number of benzene rings is 3. The van der Waals surface area contributed by atoms with E-state index in [9.17, 15) is 18.0 Å². The average Bonchev–Trinajstić information content (AvgIpc) is 2.63. The van der Waals surface area contributed by atoms with Crippen LogP contribution in [0, 0.1) is 6.92 Å². The summed E-state index contributed by atoms with van der Waals surface area (Å²) in [7, 11) is -4.39. The van der Waals surface area contributed by atoms with Crippen molar-refractivity contribution >= 4 is 32.7 Å². The molecular formula is C19H11NO5S. The molecule has 6 nitrogen and oxygen atoms in total. The van der Waals surface area contributed by atoms with E-state index in [1.807, 2.05) is 0 Å². The molecule has 0 aliphatic carbocycles. The van der Waals surface area contributed by atoms with Crippen LogP contribution >= 0.6 is 0 Å². The van der Waals surface area contributed by atoms with Crippen LogP contribution < -0.4 is 0 Å². The van der Waals surface area contributed by atoms with Gasteiger partial charge in [-0.3, -0.25) is 9.59 Å². The Labute approximate surface area is 149 Å². The molecule has 0 fully saturated rings. The molecule has 3 aromatic carbocycles. The number of hydrogen-bond donors (Lipinski definition) is 0. The number of imide groups is 1. The summed E-state index contributed by atoms with van der Waals surface area (Å²) in [6.07, 6.45) is 0. The van der Waals surface area contributed by atoms with Crippen molar-refractivity contribution < 1.29 is 22.3 Å². The molecule has 7 heteroatoms. The van der Waals surface area contributed by atoms with Crippen LogP contribution in [0.4, 0.5) is 0 Å². The Morgan fingerprint density at radius 2 is 1.35 bits per heavy atom. The van der Waals surface area contributed by atoms with Crippen LogP contribution in [0.2, 0.25) is 0 Å². The van der Waals surface area contributed by atoms with Crippen LogP contribution in [0.15, 0.2) is 65.6 Å². The SMILES string of the molecule is [CH]c1ccc(S(=O)(=O)ON2C(=O)c3cccc4cccc(c34)C2=O)cc1. The molecule has 1 aliphatic rings. The van der Waals surface area contributed by atoms with Crippen LogP contribution in [-0.4, -0.2) is 25.3 Å². The fourth-order valence-corrected chi connectivity index (χ4v) is 3.74. The Balaban J connectivity index is 1.78. The summed E-state index contributed by atoms with van der Waals surface area (Å²) in [5.41, 5.74) is 0.769. The normalized spacial score (nSPS) is 14.1. The van der Waals surface area contributed by atoms with Crippen molar-refractivity contribution in [1.82, 2.24) is 5.06 Å². The number of carbonyl (C=O) groups is 2. The molecule has 0 saturated carbocycles. The zero-order valence-electron chi connectivity index (χ0n) is 13.2. The standard InChI is InChI=1S/C19H11NO5S/c1-12-8-10-14(11-9-12)26(23,24)25-20-18(21)15-6-2-4-13-5-3-7-16(17(13)15)19(20)22/h1-11H. The maximum atomic E-state index is 12.7. The Kier molecular flexibility index (Phi) is 3.64. The lowest BCUT2D eigenvalue weighted by Crippen LogP contribution is -2.41. The minimum absolute atomic E-state index is 0.199. The largest absolute Gasteiger partial charge is 0.318 e. The minimum Gasteiger partial charge on any atom is -0.266 e. The molecule has 0 spiro atoms. The number of amides is 2. The van der Waals surface area contributed by atoms with Gasteiger partial charge in [0.1, 0.15) is 0 Å². The highest BCUT2D eigenvalue weighted by molar-refractivity contribution is 7.86. The molecule has 0 atom stereocenters. The molecule has 1 heterocycles. The van der Waals surface area contributed by atoms with E-state index in [0.29, 0.717) is 16.3 Å². The maximum absolute atomic E-state index is 12.7. The van der Waals surface area contributed by atoms with Gasteiger partial charge in [-0.05, 0) is 42.1 Å². The van der Waals surface area contributed by atoms with Gasteiger partial charge >= 0.3 is 10.1 Å². The minimum atomic E-state index is -4.39. The number of nitrogens with zero attached hydrogens (tertiary/aromatic N) is 1. The summed E-state index contributed by atoms with van der Waals surface area (Å²) in [6.45, 7) is 5.54. The van der Waals surface area contributed by atoms with E-state index in [1.165, 1.54) is 36.4 Å². The lowest BCUT2D eigenvalue weighted by atomic mass is 9.95. The predicted molar refractivity (Wildman–Crippen MR) is 92.6 cm³/mol. The Bertz CT molecular complexity index is 1120. The molecule has 2 radical (unpaired) electrons. The van der Waals surface area contributed by atoms with Crippen molar-refractivity contribution in [2.75, 3.05) is 0 Å². The van der Waals surface area contributed by atoms with Crippen molar-refractivity contribution in [3.63, 3.8) is 0 Å². The summed E-state index contributed by atoms with van der Waals surface area (Å²) < 4.78 is 29.8. The third-order valence-corrected chi connectivity index (χ3v) is 5.27. The monoisotopic (exact) mass is 365 g/mol. The van der Waals surface area contributed by atoms with Gasteiger partial charge in [0.2, 0.25) is 0 Å². The van der Waals surface area contributed by atoms with E-state index in [4.69, 9.17) is 11.2 Å². The van der Waals surface area contributed by atoms with Gasteiger partial charge < -0.3 is 0 Å². The lowest BCUT2D eigenvalue weighted by molar-refractivity contribution is -0.0155. The number of rotatable bonds is 3. The number of hydrogen-bond acceptors (Lipinski definition) is 5. The molecule has 0 N–H and O–H groups in total. The number of hydroxylamine groups is 2. The maximum Gasteiger partial charge on any atom is 0.318 e. The quantitative estimate of drug-likeness (QED) is 0.667. The zero-order valence-corrected chi connectivity index (χ0v) is 14.1. The van der Waals surface area contributed by atoms with Gasteiger partial charge in [-0.25, -0.2) is 0 Å². The van der Waals surface area contributed by atoms with Gasteiger partial charge in [0.05, 0.1) is 16.0 Å². The Morgan fingerprint density at radius 3 is 1.88 bits per heavy atom. The summed E-state index contributed by atoms with van der Waals surface area (Å²) >= 11 is 0. The highest BCUT2D eigenvalue weighted by Gasteiger charge is 2.37. The third-order valence-electron chi connectivity index (χ3n) is 4.08. The van der Waals surface area contributed by atoms with Gasteiger partial charge in [0.15, 0.2) is 0 Å². The Morgan fingerprint density at radius 1 is 0.808 bits per heavy atom. The smallest absolute Gasteiger partial charge is 0.266 e. The number of carbonyl (C=O) groups excluding carboxylic acids is 2. The Hall–Kier alpha value is -3.03. The van der Waals surface area contributed by atoms with Crippen LogP contribution in [0.25, 0.3) is 10.8 Å². The molecule has 1 aliphatic heterocycles. The van der Waals surface area contributed by atoms with E-state index < -0.39 is 21.9 Å². The molecule has 26 heavy (non-hydrogen) atoms. The van der Waals surface area contributed by atoms with E-state index in [-0.39, 0.29) is 21.1 Å². The first kappa shape index (κ1) is 16.4. The van der Waals surface area contributed by atoms with Crippen molar-refractivity contribution in [2.45, 2.75) is 4.90 Å². The average molecular weight is 365 g/mol. The van der Waals surface area contributed by atoms with Gasteiger partial charge in [-0.1, -0.05) is 36.4 Å². The molecule has 0 unspecified atom stereocenters. The first-order valence-corrected chi connectivity index (χ1v) is 9.00. The highest BCUT2D eigenvalue weighted by Crippen LogP contribution is 2.31. The van der Waals surface area contributed by atoms with Crippen LogP contribution in [0.1, 0.15) is 26.3 Å². The first-order chi connectivity index (χ1) is 12.4. The van der Waals surface area contributed by atoms with E-state index in [0.717, 1.165) is 0 Å². The van der Waals surface area contributed by atoms with Crippen molar-refractivity contribution in [1.29, 1.82) is 0 Å². The van der Waals surface area contributed by atoms with Gasteiger partial charge in [0, 0.05) is 5.39 Å². The fourth-order valence-electron chi connectivity index (χ4n) is 2.85. The van der Waals surface area contributed by atoms with Crippen LogP contribution in [-0.2, 0) is 14.4 Å². The molecule has 4 rings (SSSR count). The van der Waals surface area contributed by atoms with Gasteiger partial charge in [0.25, 0.3) is 11.8 Å². The molecule has 128 valence electrons. The van der Waals surface area contributed by atoms with Crippen molar-refractivity contribution in [3.8, 4) is 0 Å². The lowest BCUT2D eigenvalue weighted by Gasteiger charge is -2.25. The molecule has 0 aromatic heterocycles. The molecular weight excluding hydrogens is 354 g/mol. The highest BCUT2D eigenvalue weighted by atomic mass is 32.2. The summed E-state index contributed by atoms with van der Waals surface area (Å²) in [6, 6.07) is 15.1. The summed E-state index contributed by atoms with van der Waals surface area (Å²) in [5, 5.41) is 1.47. The molecule has 0 saturated heterocycles. The molecule has 0 bridgehead atoms. The topological polar surface area (TPSA) is 80.8 Å². The van der Waals surface area contributed by atoms with Crippen LogP contribution in [0.5, 0.6) is 0 Å². The molecule has 2 amide bonds. The van der Waals surface area contributed by atoms with E-state index in [2.05, 4.69) is 0 Å². The molecule has 3 aromatic rings. The summed E-state index contributed by atoms with van der Waals surface area (Å²) in [4.78, 5) is 25.1. The van der Waals surface area contributed by atoms with Gasteiger partial charge in [-0.15, -0.1) is 9.35 Å². The van der Waals surface area contributed by atoms with E-state index in [1.54, 1.807) is 24.3 Å². The van der Waals surface area contributed by atoms with Crippen molar-refractivity contribution in [2.24, 2.45) is 0 Å². The second-order valence-corrected chi connectivity index (χ2v) is 7.24. The third kappa shape index (κ3) is 2.49. The first-order valence-electron chi connectivity index (χ1n) is 7.59. The second-order valence-electron chi connectivity index (χ2n) is 5.71. The van der Waals surface area contributed by atoms with Crippen molar-refractivity contribution in [3.05, 3.63) is 84.3 Å².